The summed E-state index contributed by atoms with van der Waals surface area (Å²) in [5.41, 5.74) is -0.632. The van der Waals surface area contributed by atoms with Gasteiger partial charge in [-0.3, -0.25) is 4.79 Å². The third kappa shape index (κ3) is 2.09. The van der Waals surface area contributed by atoms with Gasteiger partial charge < -0.3 is 10.1 Å². The topological polar surface area (TPSA) is 114 Å². The Morgan fingerprint density at radius 1 is 1.55 bits per heavy atom. The molecule has 0 aromatic carbocycles. The second-order valence-electron chi connectivity index (χ2n) is 4.74. The predicted octanol–water partition coefficient (Wildman–Crippen LogP) is 0.547. The van der Waals surface area contributed by atoms with E-state index in [1.54, 1.807) is 13.8 Å². The minimum absolute atomic E-state index is 0.137. The van der Waals surface area contributed by atoms with Crippen LogP contribution in [0.5, 0.6) is 0 Å². The first-order valence-electron chi connectivity index (χ1n) is 6.12. The molecule has 2 rings (SSSR count). The van der Waals surface area contributed by atoms with Gasteiger partial charge in [-0.25, -0.2) is 9.48 Å². The van der Waals surface area contributed by atoms with Gasteiger partial charge in [-0.2, -0.15) is 0 Å². The van der Waals surface area contributed by atoms with E-state index in [1.165, 1.54) is 23.9 Å². The van der Waals surface area contributed by atoms with E-state index in [2.05, 4.69) is 20.5 Å². The van der Waals surface area contributed by atoms with Gasteiger partial charge in [0.25, 0.3) is 0 Å². The van der Waals surface area contributed by atoms with Crippen molar-refractivity contribution in [3.05, 3.63) is 28.2 Å². The van der Waals surface area contributed by atoms with Crippen LogP contribution in [-0.4, -0.2) is 36.3 Å². The third-order valence-electron chi connectivity index (χ3n) is 3.38. The average molecular weight is 277 g/mol. The highest BCUT2D eigenvalue weighted by atomic mass is 16.4. The molecule has 0 fully saturated rings. The minimum Gasteiger partial charge on any atom is -0.479 e. The highest BCUT2D eigenvalue weighted by Gasteiger charge is 2.37. The SMILES string of the molecule is CCC(C)(C(=O)O)n1nnnc1-c1c[nH]c(C)cc1=O. The van der Waals surface area contributed by atoms with Gasteiger partial charge in [0.05, 0.1) is 5.56 Å². The number of pyridine rings is 1. The third-order valence-corrected chi connectivity index (χ3v) is 3.38. The molecular formula is C12H15N5O3. The van der Waals surface area contributed by atoms with Crippen molar-refractivity contribution in [3.8, 4) is 11.4 Å². The molecule has 2 aromatic heterocycles. The molecule has 0 saturated carbocycles. The van der Waals surface area contributed by atoms with Crippen LogP contribution in [0.25, 0.3) is 11.4 Å². The van der Waals surface area contributed by atoms with E-state index in [4.69, 9.17) is 0 Å². The van der Waals surface area contributed by atoms with Crippen LogP contribution < -0.4 is 5.43 Å². The second kappa shape index (κ2) is 4.87. The number of aliphatic carboxylic acids is 1. The molecular weight excluding hydrogens is 262 g/mol. The number of carboxylic acids is 1. The zero-order chi connectivity index (χ0) is 14.9. The minimum atomic E-state index is -1.31. The van der Waals surface area contributed by atoms with E-state index in [0.717, 1.165) is 0 Å². The summed E-state index contributed by atoms with van der Waals surface area (Å²) in [4.78, 5) is 26.4. The van der Waals surface area contributed by atoms with Crippen LogP contribution in [0.1, 0.15) is 26.0 Å². The summed E-state index contributed by atoms with van der Waals surface area (Å²) in [6.45, 7) is 4.98. The number of aromatic amines is 1. The molecule has 0 bridgehead atoms. The molecule has 0 aliphatic rings. The van der Waals surface area contributed by atoms with Crippen molar-refractivity contribution in [3.63, 3.8) is 0 Å². The molecule has 0 spiro atoms. The maximum Gasteiger partial charge on any atom is 0.331 e. The summed E-state index contributed by atoms with van der Waals surface area (Å²) < 4.78 is 1.18. The van der Waals surface area contributed by atoms with Crippen LogP contribution in [0, 0.1) is 6.92 Å². The quantitative estimate of drug-likeness (QED) is 0.843. The lowest BCUT2D eigenvalue weighted by molar-refractivity contribution is -0.147. The normalized spacial score (nSPS) is 13.9. The highest BCUT2D eigenvalue weighted by Crippen LogP contribution is 2.24. The van der Waals surface area contributed by atoms with Crippen LogP contribution in [0.4, 0.5) is 0 Å². The number of H-pyrrole nitrogens is 1. The van der Waals surface area contributed by atoms with Crippen molar-refractivity contribution in [2.45, 2.75) is 32.7 Å². The zero-order valence-corrected chi connectivity index (χ0v) is 11.4. The lowest BCUT2D eigenvalue weighted by Gasteiger charge is -2.23. The molecule has 8 nitrogen and oxygen atoms in total. The van der Waals surface area contributed by atoms with Crippen molar-refractivity contribution in [1.29, 1.82) is 0 Å². The average Bonchev–Trinajstić information content (AvgIpc) is 2.87. The Morgan fingerprint density at radius 2 is 2.25 bits per heavy atom. The predicted molar refractivity (Wildman–Crippen MR) is 70.2 cm³/mol. The van der Waals surface area contributed by atoms with Gasteiger partial charge in [-0.1, -0.05) is 6.92 Å². The van der Waals surface area contributed by atoms with Crippen LogP contribution in [-0.2, 0) is 10.3 Å². The molecule has 0 aliphatic carbocycles. The molecule has 20 heavy (non-hydrogen) atoms. The highest BCUT2D eigenvalue weighted by molar-refractivity contribution is 5.77. The van der Waals surface area contributed by atoms with Gasteiger partial charge in [0.1, 0.15) is 0 Å². The van der Waals surface area contributed by atoms with Crippen LogP contribution in [0.2, 0.25) is 0 Å². The van der Waals surface area contributed by atoms with Gasteiger partial charge in [0, 0.05) is 18.0 Å². The fourth-order valence-corrected chi connectivity index (χ4v) is 1.83. The Balaban J connectivity index is 2.64. The van der Waals surface area contributed by atoms with Crippen molar-refractivity contribution >= 4 is 5.97 Å². The summed E-state index contributed by atoms with van der Waals surface area (Å²) in [7, 11) is 0. The van der Waals surface area contributed by atoms with Crippen molar-refractivity contribution in [2.75, 3.05) is 0 Å². The van der Waals surface area contributed by atoms with E-state index in [-0.39, 0.29) is 23.2 Å². The number of nitrogens with zero attached hydrogens (tertiary/aromatic N) is 4. The molecule has 0 saturated heterocycles. The summed E-state index contributed by atoms with van der Waals surface area (Å²) >= 11 is 0. The van der Waals surface area contributed by atoms with Gasteiger partial charge >= 0.3 is 5.97 Å². The summed E-state index contributed by atoms with van der Waals surface area (Å²) in [5, 5.41) is 20.4. The van der Waals surface area contributed by atoms with Crippen LogP contribution in [0.15, 0.2) is 17.1 Å². The number of tetrazole rings is 1. The molecule has 0 aliphatic heterocycles. The first-order chi connectivity index (χ1) is 9.40. The van der Waals surface area contributed by atoms with Crippen molar-refractivity contribution in [2.24, 2.45) is 0 Å². The number of aromatic nitrogens is 5. The van der Waals surface area contributed by atoms with Crippen LogP contribution >= 0.6 is 0 Å². The molecule has 0 amide bonds. The van der Waals surface area contributed by atoms with E-state index in [9.17, 15) is 14.7 Å². The van der Waals surface area contributed by atoms with Crippen molar-refractivity contribution < 1.29 is 9.90 Å². The maximum absolute atomic E-state index is 12.0. The largest absolute Gasteiger partial charge is 0.479 e. The summed E-state index contributed by atoms with van der Waals surface area (Å²) in [5.74, 6) is -0.921. The monoisotopic (exact) mass is 277 g/mol. The fraction of sp³-hybridized carbons (Fsp3) is 0.417. The van der Waals surface area contributed by atoms with Gasteiger partial charge in [-0.05, 0) is 30.7 Å². The molecule has 8 heteroatoms. The van der Waals surface area contributed by atoms with Gasteiger partial charge in [-0.15, -0.1) is 5.10 Å². The fourth-order valence-electron chi connectivity index (χ4n) is 1.83. The standard InChI is InChI=1S/C12H15N5O3/c1-4-12(3,11(19)20)17-10(14-15-16-17)8-6-13-7(2)5-9(8)18/h5-6H,4H2,1-3H3,(H,13,18)(H,19,20). The number of aryl methyl sites for hydroxylation is 1. The first kappa shape index (κ1) is 13.9. The molecule has 2 aromatic rings. The van der Waals surface area contributed by atoms with E-state index in [1.807, 2.05) is 0 Å². The number of rotatable bonds is 4. The molecule has 2 N–H and O–H groups in total. The number of hydrogen-bond acceptors (Lipinski definition) is 5. The maximum atomic E-state index is 12.0. The van der Waals surface area contributed by atoms with Crippen molar-refractivity contribution in [1.82, 2.24) is 25.2 Å². The summed E-state index contributed by atoms with van der Waals surface area (Å²) in [6, 6.07) is 1.42. The smallest absolute Gasteiger partial charge is 0.331 e. The summed E-state index contributed by atoms with van der Waals surface area (Å²) in [6.07, 6.45) is 1.77. The molecule has 2 heterocycles. The molecule has 106 valence electrons. The van der Waals surface area contributed by atoms with Gasteiger partial charge in [0.2, 0.25) is 0 Å². The van der Waals surface area contributed by atoms with Crippen LogP contribution in [0.3, 0.4) is 0 Å². The number of carboxylic acid groups (broad SMARTS) is 1. The Hall–Kier alpha value is -2.51. The zero-order valence-electron chi connectivity index (χ0n) is 11.4. The Kier molecular flexibility index (Phi) is 3.39. The Bertz CT molecular complexity index is 705. The Labute approximate surface area is 114 Å². The van der Waals surface area contributed by atoms with Gasteiger partial charge in [0.15, 0.2) is 16.8 Å². The lowest BCUT2D eigenvalue weighted by atomic mass is 9.99. The van der Waals surface area contributed by atoms with E-state index in [0.29, 0.717) is 5.69 Å². The molecule has 1 atom stereocenters. The first-order valence-corrected chi connectivity index (χ1v) is 6.12. The molecule has 0 radical (unpaired) electrons. The number of nitrogens with one attached hydrogen (secondary N) is 1. The molecule has 1 unspecified atom stereocenters. The number of carbonyl (C=O) groups is 1. The van der Waals surface area contributed by atoms with E-state index < -0.39 is 11.5 Å². The van der Waals surface area contributed by atoms with E-state index >= 15 is 0 Å². The number of hydrogen-bond donors (Lipinski definition) is 2. The second-order valence-corrected chi connectivity index (χ2v) is 4.74. The Morgan fingerprint density at radius 3 is 2.80 bits per heavy atom. The lowest BCUT2D eigenvalue weighted by Crippen LogP contribution is -2.40.